The lowest BCUT2D eigenvalue weighted by Gasteiger charge is -2.19. The maximum absolute atomic E-state index is 11.3. The molecule has 0 atom stereocenters. The third kappa shape index (κ3) is 4.10. The second-order valence-electron chi connectivity index (χ2n) is 3.72. The second-order valence-corrected chi connectivity index (χ2v) is 6.27. The number of nitrogen functional groups attached to an aromatic ring is 1. The molecular weight excluding hydrogens is 258 g/mol. The van der Waals surface area contributed by atoms with E-state index in [1.165, 1.54) is 12.1 Å². The third-order valence-corrected chi connectivity index (χ3v) is 3.80. The van der Waals surface area contributed by atoms with Crippen molar-refractivity contribution in [2.45, 2.75) is 4.90 Å². The summed E-state index contributed by atoms with van der Waals surface area (Å²) < 4.78 is 22.5. The Hall–Kier alpha value is -0.920. The van der Waals surface area contributed by atoms with Gasteiger partial charge in [-0.1, -0.05) is 0 Å². The summed E-state index contributed by atoms with van der Waals surface area (Å²) in [4.78, 5) is 1.99. The molecule has 0 unspecified atom stereocenters. The molecule has 0 radical (unpaired) electrons. The van der Waals surface area contributed by atoms with Crippen molar-refractivity contribution < 1.29 is 8.42 Å². The highest BCUT2D eigenvalue weighted by atomic mass is 32.2. The van der Waals surface area contributed by atoms with Crippen LogP contribution in [-0.2, 0) is 10.0 Å². The Morgan fingerprint density at radius 3 is 2.53 bits per heavy atom. The van der Waals surface area contributed by atoms with Crippen LogP contribution in [-0.4, -0.2) is 34.0 Å². The van der Waals surface area contributed by atoms with Gasteiger partial charge in [-0.05, 0) is 24.5 Å². The van der Waals surface area contributed by atoms with Gasteiger partial charge in [0.2, 0.25) is 10.0 Å². The van der Waals surface area contributed by atoms with Crippen LogP contribution in [0.25, 0.3) is 0 Å². The van der Waals surface area contributed by atoms with E-state index in [0.717, 1.165) is 18.0 Å². The normalized spacial score (nSPS) is 11.5. The minimum Gasteiger partial charge on any atom is -0.399 e. The van der Waals surface area contributed by atoms with E-state index in [2.05, 4.69) is 0 Å². The van der Waals surface area contributed by atoms with Gasteiger partial charge in [-0.2, -0.15) is 11.8 Å². The minimum atomic E-state index is -3.71. The van der Waals surface area contributed by atoms with Crippen LogP contribution >= 0.6 is 11.8 Å². The first-order valence-electron chi connectivity index (χ1n) is 4.98. The van der Waals surface area contributed by atoms with Crippen molar-refractivity contribution >= 4 is 33.2 Å². The van der Waals surface area contributed by atoms with E-state index < -0.39 is 10.0 Å². The van der Waals surface area contributed by atoms with Gasteiger partial charge in [-0.3, -0.25) is 0 Å². The summed E-state index contributed by atoms with van der Waals surface area (Å²) in [6.07, 6.45) is 2.02. The Morgan fingerprint density at radius 2 is 2.00 bits per heavy atom. The Kier molecular flexibility index (Phi) is 4.67. The number of primary sulfonamides is 1. The van der Waals surface area contributed by atoms with Crippen LogP contribution in [0.4, 0.5) is 11.4 Å². The van der Waals surface area contributed by atoms with Crippen molar-refractivity contribution in [3.05, 3.63) is 18.2 Å². The minimum absolute atomic E-state index is 0.0449. The van der Waals surface area contributed by atoms with Crippen LogP contribution in [0.2, 0.25) is 0 Å². The number of nitrogens with two attached hydrogens (primary N) is 2. The monoisotopic (exact) mass is 275 g/mol. The van der Waals surface area contributed by atoms with Crippen LogP contribution in [0, 0.1) is 0 Å². The van der Waals surface area contributed by atoms with Gasteiger partial charge in [0.15, 0.2) is 0 Å². The van der Waals surface area contributed by atoms with E-state index in [9.17, 15) is 8.42 Å². The summed E-state index contributed by atoms with van der Waals surface area (Å²) >= 11 is 1.72. The van der Waals surface area contributed by atoms with Crippen molar-refractivity contribution in [3.8, 4) is 0 Å². The first-order chi connectivity index (χ1) is 7.84. The first-order valence-corrected chi connectivity index (χ1v) is 7.92. The van der Waals surface area contributed by atoms with Gasteiger partial charge in [0, 0.05) is 30.7 Å². The van der Waals surface area contributed by atoms with Gasteiger partial charge in [0.25, 0.3) is 0 Å². The summed E-state index contributed by atoms with van der Waals surface area (Å²) in [5.41, 5.74) is 6.81. The molecule has 0 saturated heterocycles. The molecule has 7 heteroatoms. The lowest BCUT2D eigenvalue weighted by molar-refractivity contribution is 0.598. The SMILES string of the molecule is CSCCN(C)c1cc(N)cc(S(N)(=O)=O)c1. The molecule has 0 spiro atoms. The predicted molar refractivity (Wildman–Crippen MR) is 73.9 cm³/mol. The molecule has 17 heavy (non-hydrogen) atoms. The van der Waals surface area contributed by atoms with Gasteiger partial charge in [0.05, 0.1) is 4.90 Å². The van der Waals surface area contributed by atoms with Crippen LogP contribution in [0.3, 0.4) is 0 Å². The zero-order chi connectivity index (χ0) is 13.1. The Bertz CT molecular complexity index is 488. The zero-order valence-electron chi connectivity index (χ0n) is 9.88. The van der Waals surface area contributed by atoms with Crippen molar-refractivity contribution in [1.82, 2.24) is 0 Å². The highest BCUT2D eigenvalue weighted by molar-refractivity contribution is 7.98. The molecule has 5 nitrogen and oxygen atoms in total. The maximum atomic E-state index is 11.3. The van der Waals surface area contributed by atoms with E-state index in [4.69, 9.17) is 10.9 Å². The van der Waals surface area contributed by atoms with Crippen molar-refractivity contribution in [3.63, 3.8) is 0 Å². The number of sulfonamides is 1. The lowest BCUT2D eigenvalue weighted by atomic mass is 10.2. The molecule has 0 aromatic heterocycles. The fraction of sp³-hybridized carbons (Fsp3) is 0.400. The van der Waals surface area contributed by atoms with E-state index >= 15 is 0 Å². The van der Waals surface area contributed by atoms with Crippen molar-refractivity contribution in [2.75, 3.05) is 36.2 Å². The Morgan fingerprint density at radius 1 is 1.35 bits per heavy atom. The molecule has 0 aliphatic rings. The van der Waals surface area contributed by atoms with Crippen LogP contribution in [0.15, 0.2) is 23.1 Å². The van der Waals surface area contributed by atoms with Crippen LogP contribution in [0.5, 0.6) is 0 Å². The zero-order valence-corrected chi connectivity index (χ0v) is 11.5. The molecular formula is C10H17N3O2S2. The van der Waals surface area contributed by atoms with Gasteiger partial charge in [0.1, 0.15) is 0 Å². The van der Waals surface area contributed by atoms with Gasteiger partial charge < -0.3 is 10.6 Å². The second kappa shape index (κ2) is 5.61. The molecule has 4 N–H and O–H groups in total. The number of hydrogen-bond donors (Lipinski definition) is 2. The molecule has 0 bridgehead atoms. The fourth-order valence-electron chi connectivity index (χ4n) is 1.35. The average molecular weight is 275 g/mol. The van der Waals surface area contributed by atoms with Crippen molar-refractivity contribution in [2.24, 2.45) is 5.14 Å². The number of benzene rings is 1. The summed E-state index contributed by atoms with van der Waals surface area (Å²) in [5.74, 6) is 0.954. The molecule has 0 saturated carbocycles. The number of thioether (sulfide) groups is 1. The molecule has 1 rings (SSSR count). The lowest BCUT2D eigenvalue weighted by Crippen LogP contribution is -2.21. The Labute approximate surface area is 106 Å². The number of rotatable bonds is 5. The number of nitrogens with zero attached hydrogens (tertiary/aromatic N) is 1. The quantitative estimate of drug-likeness (QED) is 0.773. The maximum Gasteiger partial charge on any atom is 0.238 e. The van der Waals surface area contributed by atoms with E-state index in [-0.39, 0.29) is 4.90 Å². The summed E-state index contributed by atoms with van der Waals surface area (Å²) in [6.45, 7) is 0.814. The van der Waals surface area contributed by atoms with E-state index in [1.54, 1.807) is 17.8 Å². The standard InChI is InChI=1S/C10H17N3O2S2/c1-13(3-4-16-2)9-5-8(11)6-10(7-9)17(12,14)15/h5-7H,3-4,11H2,1-2H3,(H2,12,14,15). The molecule has 1 aromatic carbocycles. The molecule has 0 amide bonds. The summed E-state index contributed by atoms with van der Waals surface area (Å²) in [5, 5.41) is 5.09. The largest absolute Gasteiger partial charge is 0.399 e. The summed E-state index contributed by atoms with van der Waals surface area (Å²) in [6, 6.07) is 4.63. The smallest absolute Gasteiger partial charge is 0.238 e. The van der Waals surface area contributed by atoms with Gasteiger partial charge >= 0.3 is 0 Å². The topological polar surface area (TPSA) is 89.4 Å². The number of anilines is 2. The van der Waals surface area contributed by atoms with Gasteiger partial charge in [-0.25, -0.2) is 13.6 Å². The fourth-order valence-corrected chi connectivity index (χ4v) is 2.39. The molecule has 0 aliphatic carbocycles. The van der Waals surface area contributed by atoms with E-state index in [0.29, 0.717) is 5.69 Å². The average Bonchev–Trinajstić information content (AvgIpc) is 2.23. The molecule has 0 heterocycles. The first kappa shape index (κ1) is 14.1. The highest BCUT2D eigenvalue weighted by Crippen LogP contribution is 2.22. The van der Waals surface area contributed by atoms with Crippen LogP contribution in [0.1, 0.15) is 0 Å². The summed E-state index contributed by atoms with van der Waals surface area (Å²) in [7, 11) is -1.83. The predicted octanol–water partition coefficient (Wildman–Crippen LogP) is 0.715. The number of hydrogen-bond acceptors (Lipinski definition) is 5. The van der Waals surface area contributed by atoms with Gasteiger partial charge in [-0.15, -0.1) is 0 Å². The Balaban J connectivity index is 3.05. The molecule has 96 valence electrons. The highest BCUT2D eigenvalue weighted by Gasteiger charge is 2.11. The molecule has 1 aromatic rings. The molecule has 0 fully saturated rings. The molecule has 0 aliphatic heterocycles. The van der Waals surface area contributed by atoms with Crippen molar-refractivity contribution in [1.29, 1.82) is 0 Å². The van der Waals surface area contributed by atoms with Crippen LogP contribution < -0.4 is 15.8 Å². The third-order valence-electron chi connectivity index (χ3n) is 2.31. The van der Waals surface area contributed by atoms with E-state index in [1.807, 2.05) is 18.2 Å².